The van der Waals surface area contributed by atoms with Crippen LogP contribution in [0.5, 0.6) is 0 Å². The van der Waals surface area contributed by atoms with Crippen LogP contribution in [-0.2, 0) is 32.7 Å². The van der Waals surface area contributed by atoms with E-state index in [0.717, 1.165) is 16.4 Å². The molecule has 0 radical (unpaired) electrons. The lowest BCUT2D eigenvalue weighted by molar-refractivity contribution is -0.143. The quantitative estimate of drug-likeness (QED) is 0.146. The van der Waals surface area contributed by atoms with E-state index in [1.807, 2.05) is 36.4 Å². The predicted molar refractivity (Wildman–Crippen MR) is 226 cm³/mol. The number of nitrogens with one attached hydrogen (secondary N) is 2. The van der Waals surface area contributed by atoms with Crippen molar-refractivity contribution in [3.05, 3.63) is 60.7 Å². The summed E-state index contributed by atoms with van der Waals surface area (Å²) in [7, 11) is -5.67. The number of carbonyl (C=O) groups is 4. The first-order valence-corrected chi connectivity index (χ1v) is 27.9. The predicted octanol–water partition coefficient (Wildman–Crippen LogP) is 6.40. The molecular weight excluding hydrogens is 747 g/mol. The van der Waals surface area contributed by atoms with Crippen molar-refractivity contribution >= 4 is 58.8 Å². The van der Waals surface area contributed by atoms with E-state index in [1.165, 1.54) is 12.1 Å². The molecule has 1 heterocycles. The molecule has 14 heteroatoms. The highest BCUT2D eigenvalue weighted by Gasteiger charge is 2.52. The Morgan fingerprint density at radius 3 is 1.84 bits per heavy atom. The van der Waals surface area contributed by atoms with E-state index in [0.29, 0.717) is 0 Å². The molecule has 3 atom stereocenters. The molecule has 0 unspecified atom stereocenters. The molecule has 0 saturated carbocycles. The van der Waals surface area contributed by atoms with Gasteiger partial charge in [-0.1, -0.05) is 122 Å². The number of hydrazine groups is 1. The van der Waals surface area contributed by atoms with Gasteiger partial charge >= 0.3 is 12.1 Å². The zero-order chi connectivity index (χ0) is 41.5. The molecule has 2 aromatic carbocycles. The monoisotopic (exact) mass is 813 g/mol. The van der Waals surface area contributed by atoms with Gasteiger partial charge < -0.3 is 23.6 Å². The van der Waals surface area contributed by atoms with Gasteiger partial charge in [-0.25, -0.2) is 15.2 Å². The van der Waals surface area contributed by atoms with E-state index >= 15 is 0 Å². The molecule has 11 nitrogen and oxygen atoms in total. The molecule has 1 saturated heterocycles. The molecule has 0 spiro atoms. The molecule has 3 rings (SSSR count). The average molecular weight is 814 g/mol. The van der Waals surface area contributed by atoms with Gasteiger partial charge in [0.2, 0.25) is 5.91 Å². The molecule has 0 aliphatic carbocycles. The molecule has 0 bridgehead atoms. The first-order chi connectivity index (χ1) is 25.3. The van der Waals surface area contributed by atoms with Gasteiger partial charge in [-0.2, -0.15) is 0 Å². The third-order valence-corrected chi connectivity index (χ3v) is 22.1. The minimum Gasteiger partial charge on any atom is -0.469 e. The van der Waals surface area contributed by atoms with Gasteiger partial charge in [0.25, 0.3) is 8.32 Å². The summed E-state index contributed by atoms with van der Waals surface area (Å²) >= 11 is 0. The van der Waals surface area contributed by atoms with Gasteiger partial charge in [0, 0.05) is 20.9 Å². The zero-order valence-corrected chi connectivity index (χ0v) is 38.6. The summed E-state index contributed by atoms with van der Waals surface area (Å²) in [4.78, 5) is 54.5. The number of amides is 2. The molecule has 0 aromatic heterocycles. The molecule has 1 fully saturated rings. The summed E-state index contributed by atoms with van der Waals surface area (Å²) in [6.07, 6.45) is -1.10. The number of benzene rings is 2. The molecule has 55 heavy (non-hydrogen) atoms. The lowest BCUT2D eigenvalue weighted by atomic mass is 9.93. The van der Waals surface area contributed by atoms with Crippen LogP contribution >= 0.6 is 0 Å². The molecule has 2 N–H and O–H groups in total. The van der Waals surface area contributed by atoms with Crippen LogP contribution in [0.3, 0.4) is 0 Å². The van der Waals surface area contributed by atoms with E-state index in [9.17, 15) is 19.2 Å². The maximum Gasteiger partial charge on any atom is 0.424 e. The van der Waals surface area contributed by atoms with Crippen LogP contribution in [0.4, 0.5) is 4.79 Å². The van der Waals surface area contributed by atoms with Crippen molar-refractivity contribution in [3.63, 3.8) is 0 Å². The summed E-state index contributed by atoms with van der Waals surface area (Å²) in [5.41, 5.74) is 1.54. The highest BCUT2D eigenvalue weighted by Crippen LogP contribution is 2.39. The Bertz CT molecular complexity index is 1570. The van der Waals surface area contributed by atoms with Gasteiger partial charge in [0.15, 0.2) is 14.1 Å². The molecule has 306 valence electrons. The van der Waals surface area contributed by atoms with Gasteiger partial charge in [-0.05, 0) is 46.5 Å². The Balaban J connectivity index is 2.03. The van der Waals surface area contributed by atoms with Gasteiger partial charge in [-0.3, -0.25) is 14.4 Å². The maximum absolute atomic E-state index is 14.5. The van der Waals surface area contributed by atoms with E-state index < -0.39 is 65.4 Å². The maximum atomic E-state index is 14.5. The number of nitrogens with zero attached hydrogens (tertiary/aromatic N) is 1. The minimum atomic E-state index is -3.15. The second-order valence-corrected chi connectivity index (χ2v) is 33.4. The van der Waals surface area contributed by atoms with Crippen molar-refractivity contribution in [2.45, 2.75) is 134 Å². The van der Waals surface area contributed by atoms with Crippen LogP contribution in [-0.4, -0.2) is 98.0 Å². The Labute approximate surface area is 332 Å². The van der Waals surface area contributed by atoms with Crippen LogP contribution < -0.4 is 21.1 Å². The summed E-state index contributed by atoms with van der Waals surface area (Å²) < 4.78 is 24.5. The van der Waals surface area contributed by atoms with Crippen molar-refractivity contribution in [1.82, 2.24) is 15.8 Å². The smallest absolute Gasteiger partial charge is 0.424 e. The topological polar surface area (TPSA) is 132 Å². The normalized spacial score (nSPS) is 18.2. The number of hydrogen-bond donors (Lipinski definition) is 2. The van der Waals surface area contributed by atoms with Crippen molar-refractivity contribution in [2.75, 3.05) is 26.9 Å². The van der Waals surface area contributed by atoms with E-state index in [1.54, 1.807) is 6.92 Å². The first kappa shape index (κ1) is 46.2. The average Bonchev–Trinajstić information content (AvgIpc) is 3.09. The lowest BCUT2D eigenvalue weighted by Gasteiger charge is -2.46. The van der Waals surface area contributed by atoms with E-state index in [-0.39, 0.29) is 49.8 Å². The number of hydrogen-bond acceptors (Lipinski definition) is 9. The number of rotatable bonds is 16. The van der Waals surface area contributed by atoms with Crippen LogP contribution in [0.2, 0.25) is 48.9 Å². The standard InChI is InChI=1S/C41H67N3O8Si3/c1-39(2,3)54(12,13)52-31-28-34(43-44(29-31)38(48)50-26-27-53(9,10)11)37(47)42-41(7,35(45)24-25-36(46)49-8)30-51-55(40(4,5)6,32-20-16-14-17-21-32)33-22-18-15-19-23-33/h14-23,31,34,43H,24-30H2,1-13H3,(H,42,47)/t31-,34-,41-/m0/s1. The van der Waals surface area contributed by atoms with E-state index in [4.69, 9.17) is 18.3 Å². The fraction of sp³-hybridized carbons (Fsp3) is 0.610. The van der Waals surface area contributed by atoms with E-state index in [2.05, 4.69) is 109 Å². The van der Waals surface area contributed by atoms with Crippen LogP contribution in [0, 0.1) is 0 Å². The third kappa shape index (κ3) is 12.2. The number of carbonyl (C=O) groups excluding carboxylic acids is 4. The number of esters is 1. The first-order valence-electron chi connectivity index (χ1n) is 19.4. The van der Waals surface area contributed by atoms with Crippen molar-refractivity contribution < 1.29 is 37.5 Å². The second-order valence-electron chi connectivity index (χ2n) is 18.7. The summed E-state index contributed by atoms with van der Waals surface area (Å²) in [5, 5.41) is 5.92. The van der Waals surface area contributed by atoms with Crippen molar-refractivity contribution in [3.8, 4) is 0 Å². The van der Waals surface area contributed by atoms with Crippen LogP contribution in [0.1, 0.15) is 67.7 Å². The van der Waals surface area contributed by atoms with Crippen LogP contribution in [0.25, 0.3) is 0 Å². The Morgan fingerprint density at radius 2 is 1.36 bits per heavy atom. The summed E-state index contributed by atoms with van der Waals surface area (Å²) in [6.45, 7) is 25.7. The number of Topliss-reactive ketones (excluding diaryl/α,β-unsaturated/α-hetero) is 1. The third-order valence-electron chi connectivity index (χ3n) is 10.9. The van der Waals surface area contributed by atoms with Gasteiger partial charge in [0.05, 0.1) is 39.4 Å². The highest BCUT2D eigenvalue weighted by molar-refractivity contribution is 6.99. The zero-order valence-electron chi connectivity index (χ0n) is 35.6. The fourth-order valence-corrected chi connectivity index (χ4v) is 13.2. The van der Waals surface area contributed by atoms with Crippen molar-refractivity contribution in [1.29, 1.82) is 0 Å². The SMILES string of the molecule is COC(=O)CCC(=O)[C@](C)(CO[Si](c1ccccc1)(c1ccccc1)C(C)(C)C)NC(=O)[C@@H]1C[C@H](O[Si](C)(C)C(C)(C)C)CN(C(=O)OCC[Si](C)(C)C)N1. The molecule has 1 aliphatic heterocycles. The molecular formula is C41H67N3O8Si3. The number of ether oxygens (including phenoxy) is 2. The van der Waals surface area contributed by atoms with Crippen LogP contribution in [0.15, 0.2) is 60.7 Å². The van der Waals surface area contributed by atoms with Gasteiger partial charge in [-0.15, -0.1) is 0 Å². The number of ketones is 1. The summed E-state index contributed by atoms with van der Waals surface area (Å²) in [5.74, 6) is -1.40. The lowest BCUT2D eigenvalue weighted by Crippen LogP contribution is -2.70. The molecule has 2 amide bonds. The second kappa shape index (κ2) is 18.4. The Kier molecular flexibility index (Phi) is 15.5. The Hall–Kier alpha value is -3.15. The van der Waals surface area contributed by atoms with Gasteiger partial charge in [0.1, 0.15) is 11.6 Å². The fourth-order valence-electron chi connectivity index (χ4n) is 6.48. The number of methoxy groups -OCH3 is 1. The molecule has 2 aromatic rings. The minimum absolute atomic E-state index is 0.110. The van der Waals surface area contributed by atoms with Crippen molar-refractivity contribution in [2.24, 2.45) is 0 Å². The largest absolute Gasteiger partial charge is 0.469 e. The Morgan fingerprint density at radius 1 is 0.818 bits per heavy atom. The highest BCUT2D eigenvalue weighted by atomic mass is 28.4. The molecule has 1 aliphatic rings. The summed E-state index contributed by atoms with van der Waals surface area (Å²) in [6, 6.07) is 20.0.